The number of rotatable bonds is 5. The number of anilines is 1. The van der Waals surface area contributed by atoms with Gasteiger partial charge in [-0.05, 0) is 40.5 Å². The van der Waals surface area contributed by atoms with Crippen molar-refractivity contribution in [2.75, 3.05) is 18.9 Å². The lowest BCUT2D eigenvalue weighted by Crippen LogP contribution is -2.34. The van der Waals surface area contributed by atoms with E-state index in [1.807, 2.05) is 0 Å². The molecule has 0 heterocycles. The van der Waals surface area contributed by atoms with Crippen molar-refractivity contribution >= 4 is 31.6 Å². The number of aryl methyl sites for hydroxylation is 1. The minimum Gasteiger partial charge on any atom is -0.398 e. The molecule has 0 aromatic heterocycles. The number of hydrogen-bond acceptors (Lipinski definition) is 5. The second-order valence-corrected chi connectivity index (χ2v) is 6.42. The van der Waals surface area contributed by atoms with Crippen LogP contribution in [0.3, 0.4) is 0 Å². The van der Waals surface area contributed by atoms with Gasteiger partial charge in [0.15, 0.2) is 0 Å². The van der Waals surface area contributed by atoms with Gasteiger partial charge in [-0.15, -0.1) is 0 Å². The summed E-state index contributed by atoms with van der Waals surface area (Å²) in [6, 6.07) is 2.94. The lowest BCUT2D eigenvalue weighted by Gasteiger charge is -2.12. The van der Waals surface area contributed by atoms with Crippen molar-refractivity contribution in [2.24, 2.45) is 0 Å². The van der Waals surface area contributed by atoms with Crippen LogP contribution in [0.5, 0.6) is 0 Å². The van der Waals surface area contributed by atoms with Gasteiger partial charge in [0.1, 0.15) is 0 Å². The third kappa shape index (κ3) is 3.66. The molecular formula is C10H15BrN2O4S. The van der Waals surface area contributed by atoms with Crippen LogP contribution in [0.15, 0.2) is 21.5 Å². The van der Waals surface area contributed by atoms with Crippen molar-refractivity contribution in [1.82, 2.24) is 4.72 Å². The van der Waals surface area contributed by atoms with Crippen molar-refractivity contribution in [3.05, 3.63) is 22.2 Å². The van der Waals surface area contributed by atoms with Gasteiger partial charge in [0.25, 0.3) is 0 Å². The van der Waals surface area contributed by atoms with E-state index in [4.69, 9.17) is 15.9 Å². The molecule has 0 aliphatic heterocycles. The normalized spacial score (nSPS) is 13.6. The van der Waals surface area contributed by atoms with Crippen LogP contribution in [0, 0.1) is 6.92 Å². The molecule has 6 nitrogen and oxygen atoms in total. The van der Waals surface area contributed by atoms with Gasteiger partial charge in [0, 0.05) is 16.7 Å². The summed E-state index contributed by atoms with van der Waals surface area (Å²) in [7, 11) is -3.76. The maximum Gasteiger partial charge on any atom is 0.240 e. The molecule has 1 aromatic carbocycles. The molecule has 102 valence electrons. The molecule has 0 fully saturated rings. The van der Waals surface area contributed by atoms with E-state index < -0.39 is 22.7 Å². The Balaban J connectivity index is 3.02. The molecule has 0 saturated carbocycles. The minimum atomic E-state index is -3.76. The number of nitrogens with two attached hydrogens (primary N) is 1. The van der Waals surface area contributed by atoms with E-state index in [2.05, 4.69) is 20.7 Å². The predicted octanol–water partition coefficient (Wildman–Crippen LogP) is -0.0288. The van der Waals surface area contributed by atoms with E-state index in [9.17, 15) is 8.42 Å². The van der Waals surface area contributed by atoms with Crippen molar-refractivity contribution in [2.45, 2.75) is 17.9 Å². The molecule has 18 heavy (non-hydrogen) atoms. The van der Waals surface area contributed by atoms with E-state index in [-0.39, 0.29) is 11.4 Å². The first-order valence-electron chi connectivity index (χ1n) is 5.12. The Labute approximate surface area is 114 Å². The fourth-order valence-electron chi connectivity index (χ4n) is 1.31. The molecule has 8 heteroatoms. The summed E-state index contributed by atoms with van der Waals surface area (Å²) in [5.41, 5.74) is 6.48. The van der Waals surface area contributed by atoms with E-state index in [1.54, 1.807) is 13.0 Å². The maximum atomic E-state index is 12.0. The van der Waals surface area contributed by atoms with E-state index in [1.165, 1.54) is 6.07 Å². The molecule has 1 unspecified atom stereocenters. The van der Waals surface area contributed by atoms with E-state index in [0.29, 0.717) is 15.7 Å². The van der Waals surface area contributed by atoms with Crippen LogP contribution in [0.2, 0.25) is 0 Å². The zero-order valence-electron chi connectivity index (χ0n) is 9.72. The standard InChI is InChI=1S/C10H15BrN2O4S/c1-6-2-8(11)9(12)3-10(6)18(16,17)13-4-7(15)5-14/h2-3,7,13-15H,4-5,12H2,1H3. The molecule has 0 bridgehead atoms. The van der Waals surface area contributed by atoms with Crippen LogP contribution in [-0.4, -0.2) is 37.9 Å². The molecule has 0 aliphatic rings. The Kier molecular flexibility index (Phi) is 5.11. The molecule has 1 aromatic rings. The maximum absolute atomic E-state index is 12.0. The number of halogens is 1. The highest BCUT2D eigenvalue weighted by molar-refractivity contribution is 9.10. The topological polar surface area (TPSA) is 113 Å². The van der Waals surface area contributed by atoms with Crippen LogP contribution in [-0.2, 0) is 10.0 Å². The molecular weight excluding hydrogens is 324 g/mol. The van der Waals surface area contributed by atoms with Gasteiger partial charge < -0.3 is 15.9 Å². The van der Waals surface area contributed by atoms with Gasteiger partial charge in [-0.25, -0.2) is 13.1 Å². The quantitative estimate of drug-likeness (QED) is 0.563. The van der Waals surface area contributed by atoms with Crippen molar-refractivity contribution < 1.29 is 18.6 Å². The Morgan fingerprint density at radius 1 is 1.50 bits per heavy atom. The Morgan fingerprint density at radius 2 is 2.11 bits per heavy atom. The molecule has 1 atom stereocenters. The zero-order chi connectivity index (χ0) is 13.9. The number of hydrogen-bond donors (Lipinski definition) is 4. The average Bonchev–Trinajstić information content (AvgIpc) is 2.30. The summed E-state index contributed by atoms with van der Waals surface area (Å²) >= 11 is 3.21. The third-order valence-electron chi connectivity index (χ3n) is 2.30. The summed E-state index contributed by atoms with van der Waals surface area (Å²) < 4.78 is 26.7. The highest BCUT2D eigenvalue weighted by Gasteiger charge is 2.19. The van der Waals surface area contributed by atoms with Crippen LogP contribution in [0.4, 0.5) is 5.69 Å². The average molecular weight is 339 g/mol. The number of benzene rings is 1. The zero-order valence-corrected chi connectivity index (χ0v) is 12.1. The van der Waals surface area contributed by atoms with E-state index >= 15 is 0 Å². The molecule has 0 radical (unpaired) electrons. The fourth-order valence-corrected chi connectivity index (χ4v) is 3.10. The molecule has 1 rings (SSSR count). The number of nitrogens with one attached hydrogen (secondary N) is 1. The van der Waals surface area contributed by atoms with Gasteiger partial charge in [-0.3, -0.25) is 0 Å². The first-order chi connectivity index (χ1) is 8.27. The van der Waals surface area contributed by atoms with Crippen LogP contribution >= 0.6 is 15.9 Å². The number of sulfonamides is 1. The van der Waals surface area contributed by atoms with Gasteiger partial charge in [-0.1, -0.05) is 0 Å². The largest absolute Gasteiger partial charge is 0.398 e. The second kappa shape index (κ2) is 5.98. The highest BCUT2D eigenvalue weighted by atomic mass is 79.9. The van der Waals surface area contributed by atoms with Crippen LogP contribution < -0.4 is 10.5 Å². The summed E-state index contributed by atoms with van der Waals surface area (Å²) in [4.78, 5) is 0.0494. The number of aliphatic hydroxyl groups excluding tert-OH is 2. The molecule has 0 saturated heterocycles. The lowest BCUT2D eigenvalue weighted by molar-refractivity contribution is 0.0988. The van der Waals surface area contributed by atoms with Gasteiger partial charge in [0.2, 0.25) is 10.0 Å². The summed E-state index contributed by atoms with van der Waals surface area (Å²) in [5, 5.41) is 17.8. The Morgan fingerprint density at radius 3 is 2.67 bits per heavy atom. The first-order valence-corrected chi connectivity index (χ1v) is 7.39. The summed E-state index contributed by atoms with van der Waals surface area (Å²) in [6.07, 6.45) is -1.13. The van der Waals surface area contributed by atoms with Crippen molar-refractivity contribution in [3.8, 4) is 0 Å². The fraction of sp³-hybridized carbons (Fsp3) is 0.400. The molecule has 5 N–H and O–H groups in total. The Hall–Kier alpha value is -0.670. The molecule has 0 spiro atoms. The van der Waals surface area contributed by atoms with Gasteiger partial charge in [-0.2, -0.15) is 0 Å². The number of nitrogen functional groups attached to an aromatic ring is 1. The predicted molar refractivity (Wildman–Crippen MR) is 71.6 cm³/mol. The monoisotopic (exact) mass is 338 g/mol. The second-order valence-electron chi connectivity index (χ2n) is 3.83. The van der Waals surface area contributed by atoms with E-state index in [0.717, 1.165) is 0 Å². The lowest BCUT2D eigenvalue weighted by atomic mass is 10.2. The number of aliphatic hydroxyl groups is 2. The smallest absolute Gasteiger partial charge is 0.240 e. The third-order valence-corrected chi connectivity index (χ3v) is 4.56. The highest BCUT2D eigenvalue weighted by Crippen LogP contribution is 2.26. The summed E-state index contributed by atoms with van der Waals surface area (Å²) in [6.45, 7) is 0.874. The Bertz CT molecular complexity index is 533. The minimum absolute atomic E-state index is 0.0494. The van der Waals surface area contributed by atoms with Crippen LogP contribution in [0.1, 0.15) is 5.56 Å². The first kappa shape index (κ1) is 15.4. The summed E-state index contributed by atoms with van der Waals surface area (Å²) in [5.74, 6) is 0. The van der Waals surface area contributed by atoms with Crippen LogP contribution in [0.25, 0.3) is 0 Å². The SMILES string of the molecule is Cc1cc(Br)c(N)cc1S(=O)(=O)NCC(O)CO. The molecule has 0 aliphatic carbocycles. The van der Waals surface area contributed by atoms with Gasteiger partial charge in [0.05, 0.1) is 17.6 Å². The molecule has 0 amide bonds. The van der Waals surface area contributed by atoms with Crippen molar-refractivity contribution in [1.29, 1.82) is 0 Å². The van der Waals surface area contributed by atoms with Gasteiger partial charge >= 0.3 is 0 Å². The van der Waals surface area contributed by atoms with Crippen molar-refractivity contribution in [3.63, 3.8) is 0 Å².